The zero-order valence-electron chi connectivity index (χ0n) is 9.01. The minimum atomic E-state index is -1.05. The number of rotatable bonds is 9. The number of aliphatic hydroxyl groups excluding tert-OH is 1. The van der Waals surface area contributed by atoms with Crippen LogP contribution >= 0.6 is 0 Å². The Balaban J connectivity index is 3.40. The number of carboxylic acids is 1. The summed E-state index contributed by atoms with van der Waals surface area (Å²) in [4.78, 5) is 10.4. The van der Waals surface area contributed by atoms with Gasteiger partial charge < -0.3 is 24.4 Å². The zero-order valence-corrected chi connectivity index (χ0v) is 9.01. The fourth-order valence-corrected chi connectivity index (χ4v) is 0.736. The van der Waals surface area contributed by atoms with Crippen LogP contribution in [0.15, 0.2) is 0 Å². The van der Waals surface area contributed by atoms with Crippen molar-refractivity contribution in [1.29, 1.82) is 0 Å². The van der Waals surface area contributed by atoms with Gasteiger partial charge in [-0.15, -0.1) is 0 Å². The molecule has 0 aromatic heterocycles. The zero-order chi connectivity index (χ0) is 11.7. The van der Waals surface area contributed by atoms with Crippen LogP contribution in [-0.4, -0.2) is 61.9 Å². The average Bonchev–Trinajstić information content (AvgIpc) is 2.20. The summed E-state index contributed by atoms with van der Waals surface area (Å²) in [5.41, 5.74) is 0. The SMILES string of the molecule is COCCOCC(O)CO[C@H](C)C(=O)O. The van der Waals surface area contributed by atoms with E-state index in [2.05, 4.69) is 0 Å². The van der Waals surface area contributed by atoms with E-state index in [-0.39, 0.29) is 13.2 Å². The molecule has 0 saturated heterocycles. The first kappa shape index (κ1) is 14.3. The topological polar surface area (TPSA) is 85.2 Å². The molecule has 0 spiro atoms. The quantitative estimate of drug-likeness (QED) is 0.511. The maximum absolute atomic E-state index is 10.4. The fourth-order valence-electron chi connectivity index (χ4n) is 0.736. The van der Waals surface area contributed by atoms with Crippen molar-refractivity contribution >= 4 is 5.97 Å². The molecule has 0 rings (SSSR count). The van der Waals surface area contributed by atoms with Crippen LogP contribution in [0.2, 0.25) is 0 Å². The lowest BCUT2D eigenvalue weighted by atomic mass is 10.4. The first-order chi connectivity index (χ1) is 7.07. The van der Waals surface area contributed by atoms with Crippen molar-refractivity contribution in [3.8, 4) is 0 Å². The van der Waals surface area contributed by atoms with Gasteiger partial charge in [-0.3, -0.25) is 0 Å². The van der Waals surface area contributed by atoms with Gasteiger partial charge in [0.05, 0.1) is 26.4 Å². The van der Waals surface area contributed by atoms with E-state index in [1.165, 1.54) is 6.92 Å². The summed E-state index contributed by atoms with van der Waals surface area (Å²) >= 11 is 0. The fraction of sp³-hybridized carbons (Fsp3) is 0.889. The number of methoxy groups -OCH3 is 1. The van der Waals surface area contributed by atoms with Crippen molar-refractivity contribution < 1.29 is 29.2 Å². The normalized spacial score (nSPS) is 14.9. The van der Waals surface area contributed by atoms with Crippen molar-refractivity contribution in [1.82, 2.24) is 0 Å². The molecule has 6 heteroatoms. The highest BCUT2D eigenvalue weighted by Gasteiger charge is 2.13. The monoisotopic (exact) mass is 222 g/mol. The highest BCUT2D eigenvalue weighted by Crippen LogP contribution is 1.94. The number of aliphatic hydroxyl groups is 1. The molecule has 0 aromatic carbocycles. The van der Waals surface area contributed by atoms with Crippen LogP contribution in [0.5, 0.6) is 0 Å². The summed E-state index contributed by atoms with van der Waals surface area (Å²) < 4.78 is 14.6. The van der Waals surface area contributed by atoms with Gasteiger partial charge in [0.25, 0.3) is 0 Å². The molecule has 90 valence electrons. The molecule has 15 heavy (non-hydrogen) atoms. The van der Waals surface area contributed by atoms with E-state index in [0.29, 0.717) is 13.2 Å². The Morgan fingerprint density at radius 3 is 2.53 bits per heavy atom. The summed E-state index contributed by atoms with van der Waals surface area (Å²) in [6.07, 6.45) is -1.73. The molecule has 0 aliphatic heterocycles. The summed E-state index contributed by atoms with van der Waals surface area (Å²) in [7, 11) is 1.55. The molecule has 0 aromatic rings. The summed E-state index contributed by atoms with van der Waals surface area (Å²) in [5, 5.41) is 17.8. The molecule has 0 saturated carbocycles. The maximum Gasteiger partial charge on any atom is 0.332 e. The lowest BCUT2D eigenvalue weighted by Gasteiger charge is -2.13. The first-order valence-electron chi connectivity index (χ1n) is 4.67. The first-order valence-corrected chi connectivity index (χ1v) is 4.67. The number of aliphatic carboxylic acids is 1. The van der Waals surface area contributed by atoms with E-state index < -0.39 is 18.2 Å². The van der Waals surface area contributed by atoms with Gasteiger partial charge in [0.2, 0.25) is 0 Å². The van der Waals surface area contributed by atoms with Crippen molar-refractivity contribution in [2.24, 2.45) is 0 Å². The van der Waals surface area contributed by atoms with Crippen molar-refractivity contribution in [3.63, 3.8) is 0 Å². The smallest absolute Gasteiger partial charge is 0.332 e. The van der Waals surface area contributed by atoms with Gasteiger partial charge >= 0.3 is 5.97 Å². The minimum absolute atomic E-state index is 0.0551. The molecule has 2 atom stereocenters. The Morgan fingerprint density at radius 2 is 2.00 bits per heavy atom. The third kappa shape index (κ3) is 8.31. The third-order valence-corrected chi connectivity index (χ3v) is 1.63. The standard InChI is InChI=1S/C9H18O6/c1-7(9(11)12)15-6-8(10)5-14-4-3-13-2/h7-8,10H,3-6H2,1-2H3,(H,11,12)/t7-,8?/m1/s1. The highest BCUT2D eigenvalue weighted by molar-refractivity contribution is 5.71. The third-order valence-electron chi connectivity index (χ3n) is 1.63. The van der Waals surface area contributed by atoms with E-state index >= 15 is 0 Å². The van der Waals surface area contributed by atoms with Gasteiger partial charge in [-0.25, -0.2) is 4.79 Å². The number of ether oxygens (including phenoxy) is 3. The van der Waals surface area contributed by atoms with Gasteiger partial charge in [-0.1, -0.05) is 0 Å². The molecule has 0 heterocycles. The molecule has 0 radical (unpaired) electrons. The second kappa shape index (κ2) is 8.60. The number of carboxylic acid groups (broad SMARTS) is 1. The minimum Gasteiger partial charge on any atom is -0.479 e. The molecule has 0 fully saturated rings. The number of hydrogen-bond acceptors (Lipinski definition) is 5. The molecule has 6 nitrogen and oxygen atoms in total. The molecule has 2 N–H and O–H groups in total. The van der Waals surface area contributed by atoms with E-state index in [0.717, 1.165) is 0 Å². The van der Waals surface area contributed by atoms with Crippen LogP contribution in [0.25, 0.3) is 0 Å². The average molecular weight is 222 g/mol. The molecular weight excluding hydrogens is 204 g/mol. The van der Waals surface area contributed by atoms with Crippen LogP contribution in [0.3, 0.4) is 0 Å². The van der Waals surface area contributed by atoms with E-state index in [4.69, 9.17) is 19.3 Å². The largest absolute Gasteiger partial charge is 0.479 e. The Labute approximate surface area is 88.7 Å². The second-order valence-electron chi connectivity index (χ2n) is 3.04. The van der Waals surface area contributed by atoms with Crippen LogP contribution in [0.4, 0.5) is 0 Å². The van der Waals surface area contributed by atoms with Crippen molar-refractivity contribution in [3.05, 3.63) is 0 Å². The molecule has 0 bridgehead atoms. The van der Waals surface area contributed by atoms with Crippen molar-refractivity contribution in [2.75, 3.05) is 33.5 Å². The van der Waals surface area contributed by atoms with Crippen LogP contribution in [0, 0.1) is 0 Å². The summed E-state index contributed by atoms with van der Waals surface area (Å²) in [5.74, 6) is -1.05. The maximum atomic E-state index is 10.4. The van der Waals surface area contributed by atoms with Gasteiger partial charge in [0.15, 0.2) is 6.10 Å². The lowest BCUT2D eigenvalue weighted by molar-refractivity contribution is -0.151. The Hall–Kier alpha value is -0.690. The molecule has 0 amide bonds. The van der Waals surface area contributed by atoms with Gasteiger partial charge in [0, 0.05) is 7.11 Å². The van der Waals surface area contributed by atoms with E-state index in [9.17, 15) is 9.90 Å². The summed E-state index contributed by atoms with van der Waals surface area (Å²) in [6, 6.07) is 0. The van der Waals surface area contributed by atoms with E-state index in [1.807, 2.05) is 0 Å². The highest BCUT2D eigenvalue weighted by atomic mass is 16.5. The van der Waals surface area contributed by atoms with Crippen LogP contribution < -0.4 is 0 Å². The van der Waals surface area contributed by atoms with Crippen molar-refractivity contribution in [2.45, 2.75) is 19.1 Å². The molecule has 1 unspecified atom stereocenters. The van der Waals surface area contributed by atoms with E-state index in [1.54, 1.807) is 7.11 Å². The van der Waals surface area contributed by atoms with Crippen LogP contribution in [-0.2, 0) is 19.0 Å². The summed E-state index contributed by atoms with van der Waals surface area (Å²) in [6.45, 7) is 2.30. The van der Waals surface area contributed by atoms with Crippen LogP contribution in [0.1, 0.15) is 6.92 Å². The molecule has 0 aliphatic carbocycles. The number of carbonyl (C=O) groups is 1. The Morgan fingerprint density at radius 1 is 1.33 bits per heavy atom. The molecular formula is C9H18O6. The molecule has 0 aliphatic rings. The van der Waals surface area contributed by atoms with Gasteiger partial charge in [-0.05, 0) is 6.92 Å². The van der Waals surface area contributed by atoms with Gasteiger partial charge in [-0.2, -0.15) is 0 Å². The predicted octanol–water partition coefficient (Wildman–Crippen LogP) is -0.500. The Bertz CT molecular complexity index is 172. The van der Waals surface area contributed by atoms with Gasteiger partial charge in [0.1, 0.15) is 6.10 Å². The lowest BCUT2D eigenvalue weighted by Crippen LogP contribution is -2.28. The Kier molecular flexibility index (Phi) is 8.21. The second-order valence-corrected chi connectivity index (χ2v) is 3.04. The predicted molar refractivity (Wildman–Crippen MR) is 51.8 cm³/mol. The number of hydrogen-bond donors (Lipinski definition) is 2.